The summed E-state index contributed by atoms with van der Waals surface area (Å²) in [6.07, 6.45) is 7.85. The number of aromatic nitrogens is 3. The summed E-state index contributed by atoms with van der Waals surface area (Å²) in [5, 5.41) is 7.57. The maximum absolute atomic E-state index is 11.5. The van der Waals surface area contributed by atoms with Crippen molar-refractivity contribution in [3.8, 4) is 0 Å². The van der Waals surface area contributed by atoms with Gasteiger partial charge in [-0.25, -0.2) is 8.42 Å². The Morgan fingerprint density at radius 1 is 1.10 bits per heavy atom. The highest BCUT2D eigenvalue weighted by atomic mass is 35.7. The highest BCUT2D eigenvalue weighted by molar-refractivity contribution is 8.13. The Bertz CT molecular complexity index is 512. The topological polar surface area (TPSA) is 64.8 Å². The fourth-order valence-electron chi connectivity index (χ4n) is 2.23. The molecular formula is C13H24ClN3O2S. The predicted octanol–water partition coefficient (Wildman–Crippen LogP) is 3.69. The summed E-state index contributed by atoms with van der Waals surface area (Å²) >= 11 is 0. The predicted molar refractivity (Wildman–Crippen MR) is 80.5 cm³/mol. The van der Waals surface area contributed by atoms with Gasteiger partial charge < -0.3 is 0 Å². The molecule has 0 amide bonds. The molecule has 0 aliphatic carbocycles. The highest BCUT2D eigenvalue weighted by Crippen LogP contribution is 2.20. The van der Waals surface area contributed by atoms with E-state index in [4.69, 9.17) is 10.7 Å². The van der Waals surface area contributed by atoms with Gasteiger partial charge in [0.15, 0.2) is 0 Å². The van der Waals surface area contributed by atoms with Gasteiger partial charge in [-0.3, -0.25) is 4.57 Å². The van der Waals surface area contributed by atoms with Crippen LogP contribution in [0.25, 0.3) is 0 Å². The Balaban J connectivity index is 2.65. The fourth-order valence-corrected chi connectivity index (χ4v) is 3.23. The number of nitrogens with zero attached hydrogens (tertiary/aromatic N) is 3. The van der Waals surface area contributed by atoms with Crippen LogP contribution in [0, 0.1) is 0 Å². The lowest BCUT2D eigenvalue weighted by Gasteiger charge is -2.12. The van der Waals surface area contributed by atoms with E-state index < -0.39 is 9.05 Å². The first-order valence-corrected chi connectivity index (χ1v) is 9.57. The maximum atomic E-state index is 11.5. The van der Waals surface area contributed by atoms with Gasteiger partial charge in [0.25, 0.3) is 14.2 Å². The van der Waals surface area contributed by atoms with Crippen LogP contribution in [0.15, 0.2) is 5.16 Å². The zero-order valence-electron chi connectivity index (χ0n) is 12.5. The first-order valence-electron chi connectivity index (χ1n) is 7.26. The van der Waals surface area contributed by atoms with Gasteiger partial charge >= 0.3 is 0 Å². The number of unbranched alkanes of at least 4 members (excludes halogenated alkanes) is 5. The van der Waals surface area contributed by atoms with Crippen molar-refractivity contribution < 1.29 is 8.42 Å². The summed E-state index contributed by atoms with van der Waals surface area (Å²) in [5.41, 5.74) is 0. The van der Waals surface area contributed by atoms with Crippen LogP contribution in [0.5, 0.6) is 0 Å². The standard InChI is InChI=1S/C13H24ClN3O2S/c1-4-5-6-7-8-9-10-12-15-16-13(20(14,18)19)17(12)11(2)3/h11H,4-10H2,1-3H3. The van der Waals surface area contributed by atoms with E-state index in [1.807, 2.05) is 13.8 Å². The lowest BCUT2D eigenvalue weighted by atomic mass is 10.1. The molecule has 0 atom stereocenters. The molecule has 1 heterocycles. The largest absolute Gasteiger partial charge is 0.298 e. The molecule has 1 aromatic heterocycles. The lowest BCUT2D eigenvalue weighted by molar-refractivity contribution is 0.500. The summed E-state index contributed by atoms with van der Waals surface area (Å²) in [4.78, 5) is 0. The lowest BCUT2D eigenvalue weighted by Crippen LogP contribution is -2.12. The van der Waals surface area contributed by atoms with E-state index in [0.29, 0.717) is 5.82 Å². The number of aryl methyl sites for hydroxylation is 1. The smallest absolute Gasteiger partial charge is 0.296 e. The Labute approximate surface area is 126 Å². The summed E-state index contributed by atoms with van der Waals surface area (Å²) in [6, 6.07) is -0.0244. The first-order chi connectivity index (χ1) is 9.38. The van der Waals surface area contributed by atoms with E-state index in [1.165, 1.54) is 25.7 Å². The Kier molecular flexibility index (Phi) is 6.95. The van der Waals surface area contributed by atoms with E-state index in [1.54, 1.807) is 4.57 Å². The third kappa shape index (κ3) is 5.05. The summed E-state index contributed by atoms with van der Waals surface area (Å²) < 4.78 is 24.5. The Hall–Kier alpha value is -0.620. The molecule has 0 N–H and O–H groups in total. The molecule has 0 spiro atoms. The van der Waals surface area contributed by atoms with E-state index in [9.17, 15) is 8.42 Å². The number of rotatable bonds is 9. The van der Waals surface area contributed by atoms with Gasteiger partial charge in [-0.1, -0.05) is 39.0 Å². The minimum Gasteiger partial charge on any atom is -0.298 e. The average Bonchev–Trinajstić information content (AvgIpc) is 2.77. The maximum Gasteiger partial charge on any atom is 0.296 e. The SMILES string of the molecule is CCCCCCCCc1nnc(S(=O)(=O)Cl)n1C(C)C. The monoisotopic (exact) mass is 321 g/mol. The third-order valence-electron chi connectivity index (χ3n) is 3.22. The molecule has 1 rings (SSSR count). The zero-order chi connectivity index (χ0) is 15.2. The molecule has 0 saturated heterocycles. The Morgan fingerprint density at radius 2 is 1.70 bits per heavy atom. The van der Waals surface area contributed by atoms with Crippen molar-refractivity contribution in [3.63, 3.8) is 0 Å². The van der Waals surface area contributed by atoms with E-state index in [-0.39, 0.29) is 11.2 Å². The van der Waals surface area contributed by atoms with Gasteiger partial charge in [0, 0.05) is 23.1 Å². The van der Waals surface area contributed by atoms with Gasteiger partial charge in [0.2, 0.25) is 0 Å². The van der Waals surface area contributed by atoms with Crippen LogP contribution in [0.2, 0.25) is 0 Å². The zero-order valence-corrected chi connectivity index (χ0v) is 14.0. The van der Waals surface area contributed by atoms with Gasteiger partial charge in [0.05, 0.1) is 0 Å². The molecule has 116 valence electrons. The van der Waals surface area contributed by atoms with E-state index >= 15 is 0 Å². The average molecular weight is 322 g/mol. The normalized spacial score (nSPS) is 12.2. The molecule has 0 bridgehead atoms. The molecule has 7 heteroatoms. The molecule has 0 saturated carbocycles. The van der Waals surface area contributed by atoms with Crippen molar-refractivity contribution in [1.82, 2.24) is 14.8 Å². The second-order valence-electron chi connectivity index (χ2n) is 5.32. The molecule has 5 nitrogen and oxygen atoms in total. The van der Waals surface area contributed by atoms with Crippen molar-refractivity contribution in [1.29, 1.82) is 0 Å². The van der Waals surface area contributed by atoms with Gasteiger partial charge in [-0.2, -0.15) is 0 Å². The molecule has 0 radical (unpaired) electrons. The molecule has 0 unspecified atom stereocenters. The minimum atomic E-state index is -3.84. The molecule has 0 aliphatic heterocycles. The van der Waals surface area contributed by atoms with Crippen molar-refractivity contribution in [2.45, 2.75) is 76.9 Å². The van der Waals surface area contributed by atoms with Crippen molar-refractivity contribution in [3.05, 3.63) is 5.82 Å². The van der Waals surface area contributed by atoms with Crippen LogP contribution >= 0.6 is 10.7 Å². The van der Waals surface area contributed by atoms with Crippen LogP contribution in [0.3, 0.4) is 0 Å². The molecule has 0 aromatic carbocycles. The fraction of sp³-hybridized carbons (Fsp3) is 0.846. The first kappa shape index (κ1) is 17.4. The van der Waals surface area contributed by atoms with Gasteiger partial charge in [-0.15, -0.1) is 10.2 Å². The highest BCUT2D eigenvalue weighted by Gasteiger charge is 2.23. The summed E-state index contributed by atoms with van der Waals surface area (Å²) in [5.74, 6) is 0.703. The van der Waals surface area contributed by atoms with Gasteiger partial charge in [0.1, 0.15) is 5.82 Å². The van der Waals surface area contributed by atoms with Gasteiger partial charge in [-0.05, 0) is 20.3 Å². The number of halogens is 1. The molecule has 1 aromatic rings. The van der Waals surface area contributed by atoms with Crippen LogP contribution in [0.1, 0.15) is 71.2 Å². The van der Waals surface area contributed by atoms with Crippen LogP contribution < -0.4 is 0 Å². The van der Waals surface area contributed by atoms with Crippen LogP contribution in [-0.2, 0) is 15.5 Å². The van der Waals surface area contributed by atoms with Crippen molar-refractivity contribution in [2.24, 2.45) is 0 Å². The number of hydrogen-bond donors (Lipinski definition) is 0. The van der Waals surface area contributed by atoms with Crippen molar-refractivity contribution in [2.75, 3.05) is 0 Å². The Morgan fingerprint density at radius 3 is 2.25 bits per heavy atom. The third-order valence-corrected chi connectivity index (χ3v) is 4.35. The molecular weight excluding hydrogens is 298 g/mol. The summed E-state index contributed by atoms with van der Waals surface area (Å²) in [6.45, 7) is 6.00. The minimum absolute atomic E-state index is 0.0244. The second-order valence-corrected chi connectivity index (χ2v) is 7.78. The number of hydrogen-bond acceptors (Lipinski definition) is 4. The molecule has 0 aliphatic rings. The van der Waals surface area contributed by atoms with E-state index in [2.05, 4.69) is 17.1 Å². The van der Waals surface area contributed by atoms with Crippen LogP contribution in [0.4, 0.5) is 0 Å². The molecule has 0 fully saturated rings. The second kappa shape index (κ2) is 7.98. The summed E-state index contributed by atoms with van der Waals surface area (Å²) in [7, 11) is 1.55. The quantitative estimate of drug-likeness (QED) is 0.514. The van der Waals surface area contributed by atoms with Crippen LogP contribution in [-0.4, -0.2) is 23.2 Å². The van der Waals surface area contributed by atoms with E-state index in [0.717, 1.165) is 19.3 Å². The van der Waals surface area contributed by atoms with Crippen molar-refractivity contribution >= 4 is 19.7 Å². The molecule has 20 heavy (non-hydrogen) atoms.